The highest BCUT2D eigenvalue weighted by atomic mass is 19.4. The summed E-state index contributed by atoms with van der Waals surface area (Å²) in [5, 5.41) is 9.34. The van der Waals surface area contributed by atoms with Gasteiger partial charge in [0, 0.05) is 0 Å². The lowest BCUT2D eigenvalue weighted by molar-refractivity contribution is -0.137. The lowest BCUT2D eigenvalue weighted by atomic mass is 10.1. The van der Waals surface area contributed by atoms with Crippen LogP contribution in [0.2, 0.25) is 0 Å². The van der Waals surface area contributed by atoms with Crippen molar-refractivity contribution in [2.75, 3.05) is 0 Å². The molecule has 1 N–H and O–H groups in total. The van der Waals surface area contributed by atoms with E-state index < -0.39 is 17.8 Å². The average Bonchev–Trinajstić information content (AvgIpc) is 2.15. The van der Waals surface area contributed by atoms with E-state index in [2.05, 4.69) is 0 Å². The summed E-state index contributed by atoms with van der Waals surface area (Å²) in [5.41, 5.74) is -0.176. The Labute approximate surface area is 80.2 Å². The largest absolute Gasteiger partial charge is 0.416 e. The molecule has 0 aliphatic heterocycles. The molecule has 78 valence electrons. The highest BCUT2D eigenvalue weighted by molar-refractivity contribution is 5.25. The zero-order valence-electron chi connectivity index (χ0n) is 7.67. The second kappa shape index (κ2) is 4.00. The summed E-state index contributed by atoms with van der Waals surface area (Å²) in [6, 6.07) is 4.57. The first-order chi connectivity index (χ1) is 6.45. The number of benzene rings is 1. The van der Waals surface area contributed by atoms with Crippen molar-refractivity contribution >= 4 is 0 Å². The molecular weight excluding hydrogens is 193 g/mol. The van der Waals surface area contributed by atoms with Gasteiger partial charge in [0.25, 0.3) is 0 Å². The fourth-order valence-electron chi connectivity index (χ4n) is 1.13. The highest BCUT2D eigenvalue weighted by Gasteiger charge is 2.30. The summed E-state index contributed by atoms with van der Waals surface area (Å²) in [6.07, 6.45) is -4.50. The van der Waals surface area contributed by atoms with E-state index in [1.165, 1.54) is 12.1 Å². The number of hydrogen-bond acceptors (Lipinski definition) is 1. The minimum atomic E-state index is -4.31. The average molecular weight is 204 g/mol. The molecule has 1 aromatic rings. The predicted molar refractivity (Wildman–Crippen MR) is 46.7 cm³/mol. The molecule has 0 amide bonds. The van der Waals surface area contributed by atoms with Gasteiger partial charge in [-0.1, -0.05) is 19.1 Å². The first kappa shape index (κ1) is 11.0. The number of alkyl halides is 3. The number of halogens is 3. The minimum absolute atomic E-state index is 0.491. The molecule has 0 aliphatic carbocycles. The summed E-state index contributed by atoms with van der Waals surface area (Å²) in [4.78, 5) is 0. The lowest BCUT2D eigenvalue weighted by Gasteiger charge is -2.10. The monoisotopic (exact) mass is 204 g/mol. The molecular formula is C10H11F3O. The zero-order chi connectivity index (χ0) is 10.8. The Balaban J connectivity index is 2.89. The van der Waals surface area contributed by atoms with Crippen molar-refractivity contribution in [1.82, 2.24) is 0 Å². The van der Waals surface area contributed by atoms with Crippen molar-refractivity contribution in [2.24, 2.45) is 0 Å². The van der Waals surface area contributed by atoms with Crippen LogP contribution in [0.25, 0.3) is 0 Å². The lowest BCUT2D eigenvalue weighted by Crippen LogP contribution is -2.05. The van der Waals surface area contributed by atoms with Crippen LogP contribution in [0.4, 0.5) is 13.2 Å². The smallest absolute Gasteiger partial charge is 0.388 e. The fourth-order valence-corrected chi connectivity index (χ4v) is 1.13. The van der Waals surface area contributed by atoms with Gasteiger partial charge >= 0.3 is 6.18 Å². The first-order valence-corrected chi connectivity index (χ1v) is 4.30. The molecule has 0 spiro atoms. The Morgan fingerprint density at radius 3 is 2.07 bits per heavy atom. The van der Waals surface area contributed by atoms with Crippen LogP contribution >= 0.6 is 0 Å². The molecule has 1 rings (SSSR count). The molecule has 0 aromatic heterocycles. The summed E-state index contributed by atoms with van der Waals surface area (Å²) in [5.74, 6) is 0. The number of aliphatic hydroxyl groups is 1. The van der Waals surface area contributed by atoms with Gasteiger partial charge < -0.3 is 5.11 Å². The summed E-state index contributed by atoms with van der Waals surface area (Å²) >= 11 is 0. The van der Waals surface area contributed by atoms with Crippen molar-refractivity contribution < 1.29 is 18.3 Å². The summed E-state index contributed by atoms with van der Waals surface area (Å²) in [7, 11) is 0. The molecule has 0 heterocycles. The Morgan fingerprint density at radius 1 is 1.21 bits per heavy atom. The van der Waals surface area contributed by atoms with E-state index in [4.69, 9.17) is 0 Å². The second-order valence-corrected chi connectivity index (χ2v) is 3.04. The molecule has 0 radical (unpaired) electrons. The van der Waals surface area contributed by atoms with Gasteiger partial charge in [-0.2, -0.15) is 13.2 Å². The Hall–Kier alpha value is -1.03. The van der Waals surface area contributed by atoms with E-state index in [1.807, 2.05) is 0 Å². The van der Waals surface area contributed by atoms with Crippen LogP contribution in [-0.2, 0) is 6.18 Å². The van der Waals surface area contributed by atoms with Crippen LogP contribution in [0.1, 0.15) is 30.6 Å². The van der Waals surface area contributed by atoms with E-state index in [0.717, 1.165) is 12.1 Å². The Bertz CT molecular complexity index is 289. The van der Waals surface area contributed by atoms with Crippen molar-refractivity contribution in [3.63, 3.8) is 0 Å². The van der Waals surface area contributed by atoms with Crippen molar-refractivity contribution in [3.05, 3.63) is 35.4 Å². The molecule has 1 atom stereocenters. The number of hydrogen-bond donors (Lipinski definition) is 1. The van der Waals surface area contributed by atoms with Crippen LogP contribution in [0.3, 0.4) is 0 Å². The van der Waals surface area contributed by atoms with Crippen LogP contribution in [0.5, 0.6) is 0 Å². The zero-order valence-corrected chi connectivity index (χ0v) is 7.67. The second-order valence-electron chi connectivity index (χ2n) is 3.04. The third kappa shape index (κ3) is 2.48. The molecule has 0 aliphatic rings. The molecule has 0 saturated carbocycles. The molecule has 1 nitrogen and oxygen atoms in total. The molecule has 14 heavy (non-hydrogen) atoms. The maximum atomic E-state index is 12.1. The van der Waals surface area contributed by atoms with E-state index in [0.29, 0.717) is 12.0 Å². The molecule has 0 unspecified atom stereocenters. The molecule has 0 bridgehead atoms. The van der Waals surface area contributed by atoms with Gasteiger partial charge in [-0.05, 0) is 24.1 Å². The fraction of sp³-hybridized carbons (Fsp3) is 0.400. The standard InChI is InChI=1S/C10H11F3O/c1-2-9(14)7-3-5-8(6-4-7)10(11,12)13/h3-6,9,14H,2H2,1H3/t9-/m0/s1. The maximum absolute atomic E-state index is 12.1. The van der Waals surface area contributed by atoms with Crippen LogP contribution in [-0.4, -0.2) is 5.11 Å². The van der Waals surface area contributed by atoms with Crippen molar-refractivity contribution in [3.8, 4) is 0 Å². The highest BCUT2D eigenvalue weighted by Crippen LogP contribution is 2.30. The summed E-state index contributed by atoms with van der Waals surface area (Å²) in [6.45, 7) is 1.77. The predicted octanol–water partition coefficient (Wildman–Crippen LogP) is 3.15. The molecule has 0 saturated heterocycles. The van der Waals surface area contributed by atoms with Crippen molar-refractivity contribution in [2.45, 2.75) is 25.6 Å². The Morgan fingerprint density at radius 2 is 1.71 bits per heavy atom. The van der Waals surface area contributed by atoms with Gasteiger partial charge in [-0.3, -0.25) is 0 Å². The van der Waals surface area contributed by atoms with Crippen LogP contribution in [0, 0.1) is 0 Å². The van der Waals surface area contributed by atoms with Gasteiger partial charge in [0.15, 0.2) is 0 Å². The molecule has 1 aromatic carbocycles. The topological polar surface area (TPSA) is 20.2 Å². The minimum Gasteiger partial charge on any atom is -0.388 e. The Kier molecular flexibility index (Phi) is 3.16. The number of rotatable bonds is 2. The molecule has 4 heteroatoms. The van der Waals surface area contributed by atoms with E-state index in [1.54, 1.807) is 6.92 Å². The van der Waals surface area contributed by atoms with Crippen molar-refractivity contribution in [1.29, 1.82) is 0 Å². The van der Waals surface area contributed by atoms with Crippen LogP contribution in [0.15, 0.2) is 24.3 Å². The van der Waals surface area contributed by atoms with E-state index >= 15 is 0 Å². The third-order valence-corrected chi connectivity index (χ3v) is 2.01. The summed E-state index contributed by atoms with van der Waals surface area (Å²) < 4.78 is 36.4. The quantitative estimate of drug-likeness (QED) is 0.784. The molecule has 0 fully saturated rings. The van der Waals surface area contributed by atoms with Gasteiger partial charge in [0.2, 0.25) is 0 Å². The van der Waals surface area contributed by atoms with Gasteiger partial charge in [0.05, 0.1) is 11.7 Å². The third-order valence-electron chi connectivity index (χ3n) is 2.01. The number of aliphatic hydroxyl groups excluding tert-OH is 1. The first-order valence-electron chi connectivity index (χ1n) is 4.30. The normalized spacial score (nSPS) is 14.1. The van der Waals surface area contributed by atoms with Gasteiger partial charge in [0.1, 0.15) is 0 Å². The van der Waals surface area contributed by atoms with Gasteiger partial charge in [-0.25, -0.2) is 0 Å². The van der Waals surface area contributed by atoms with Crippen LogP contribution < -0.4 is 0 Å². The van der Waals surface area contributed by atoms with E-state index in [-0.39, 0.29) is 0 Å². The SMILES string of the molecule is CC[C@H](O)c1ccc(C(F)(F)F)cc1. The van der Waals surface area contributed by atoms with E-state index in [9.17, 15) is 18.3 Å². The maximum Gasteiger partial charge on any atom is 0.416 e. The van der Waals surface area contributed by atoms with Gasteiger partial charge in [-0.15, -0.1) is 0 Å².